The molecule has 0 spiro atoms. The number of hydrogen-bond donors (Lipinski definition) is 0. The molecule has 0 bridgehead atoms. The Morgan fingerprint density at radius 3 is 2.41 bits per heavy atom. The van der Waals surface area contributed by atoms with Crippen LogP contribution in [0.1, 0.15) is 17.0 Å². The van der Waals surface area contributed by atoms with Crippen molar-refractivity contribution in [1.82, 2.24) is 15.0 Å². The second kappa shape index (κ2) is 5.30. The van der Waals surface area contributed by atoms with Crippen molar-refractivity contribution in [1.29, 1.82) is 5.26 Å². The summed E-state index contributed by atoms with van der Waals surface area (Å²) in [5.74, 6) is 0.918. The molecule has 0 atom stereocenters. The number of aryl methyl sites for hydroxylation is 2. The first kappa shape index (κ1) is 12.1. The van der Waals surface area contributed by atoms with E-state index in [1.165, 1.54) is 5.56 Å². The fourth-order valence-corrected chi connectivity index (χ4v) is 2.16. The standard InChI is InChI=1S/C12H18N4O/c1-10-12(11(2)17-14-10)9-16-7-5-15(4-3-13)6-8-16/h4-9H2,1-2H3. The van der Waals surface area contributed by atoms with Crippen LogP contribution in [0, 0.1) is 25.2 Å². The molecule has 0 aromatic carbocycles. The molecule has 0 saturated carbocycles. The van der Waals surface area contributed by atoms with E-state index in [-0.39, 0.29) is 0 Å². The van der Waals surface area contributed by atoms with Gasteiger partial charge >= 0.3 is 0 Å². The summed E-state index contributed by atoms with van der Waals surface area (Å²) in [6.07, 6.45) is 0. The van der Waals surface area contributed by atoms with Gasteiger partial charge in [-0.05, 0) is 13.8 Å². The normalized spacial score (nSPS) is 18.2. The summed E-state index contributed by atoms with van der Waals surface area (Å²) >= 11 is 0. The second-order valence-corrected chi connectivity index (χ2v) is 4.51. The van der Waals surface area contributed by atoms with Gasteiger partial charge < -0.3 is 4.52 Å². The maximum absolute atomic E-state index is 8.64. The Morgan fingerprint density at radius 2 is 1.88 bits per heavy atom. The van der Waals surface area contributed by atoms with Gasteiger partial charge in [-0.25, -0.2) is 0 Å². The van der Waals surface area contributed by atoms with Crippen LogP contribution in [0.15, 0.2) is 4.52 Å². The summed E-state index contributed by atoms with van der Waals surface area (Å²) in [7, 11) is 0. The molecule has 1 aromatic rings. The first-order chi connectivity index (χ1) is 8.20. The lowest BCUT2D eigenvalue weighted by Gasteiger charge is -2.33. The third-order valence-electron chi connectivity index (χ3n) is 3.32. The number of piperazine rings is 1. The zero-order chi connectivity index (χ0) is 12.3. The molecular formula is C12H18N4O. The van der Waals surface area contributed by atoms with Crippen molar-refractivity contribution in [3.63, 3.8) is 0 Å². The fourth-order valence-electron chi connectivity index (χ4n) is 2.16. The molecule has 1 aromatic heterocycles. The Bertz CT molecular complexity index is 393. The molecule has 0 amide bonds. The molecule has 1 fully saturated rings. The molecule has 17 heavy (non-hydrogen) atoms. The van der Waals surface area contributed by atoms with Crippen LogP contribution in [0.2, 0.25) is 0 Å². The minimum Gasteiger partial charge on any atom is -0.361 e. The van der Waals surface area contributed by atoms with E-state index in [0.29, 0.717) is 6.54 Å². The lowest BCUT2D eigenvalue weighted by molar-refractivity contribution is 0.137. The van der Waals surface area contributed by atoms with E-state index in [1.54, 1.807) is 0 Å². The summed E-state index contributed by atoms with van der Waals surface area (Å²) < 4.78 is 5.17. The first-order valence-electron chi connectivity index (χ1n) is 5.94. The molecular weight excluding hydrogens is 216 g/mol. The highest BCUT2D eigenvalue weighted by Crippen LogP contribution is 2.15. The molecule has 0 aliphatic carbocycles. The number of aromatic nitrogens is 1. The van der Waals surface area contributed by atoms with E-state index in [9.17, 15) is 0 Å². The van der Waals surface area contributed by atoms with Gasteiger partial charge in [0.15, 0.2) is 0 Å². The summed E-state index contributed by atoms with van der Waals surface area (Å²) in [4.78, 5) is 4.57. The Balaban J connectivity index is 1.88. The van der Waals surface area contributed by atoms with Crippen LogP contribution >= 0.6 is 0 Å². The van der Waals surface area contributed by atoms with Crippen molar-refractivity contribution in [2.24, 2.45) is 0 Å². The van der Waals surface area contributed by atoms with E-state index < -0.39 is 0 Å². The molecule has 1 saturated heterocycles. The average molecular weight is 234 g/mol. The average Bonchev–Trinajstić information content (AvgIpc) is 2.64. The summed E-state index contributed by atoms with van der Waals surface area (Å²) in [5, 5.41) is 12.6. The van der Waals surface area contributed by atoms with Crippen LogP contribution in [0.5, 0.6) is 0 Å². The Morgan fingerprint density at radius 1 is 1.24 bits per heavy atom. The number of rotatable bonds is 3. The van der Waals surface area contributed by atoms with Crippen LogP contribution in [-0.4, -0.2) is 47.7 Å². The molecule has 2 heterocycles. The third kappa shape index (κ3) is 2.84. The molecule has 5 heteroatoms. The smallest absolute Gasteiger partial charge is 0.138 e. The van der Waals surface area contributed by atoms with E-state index >= 15 is 0 Å². The predicted octanol–water partition coefficient (Wildman–Crippen LogP) is 0.933. The van der Waals surface area contributed by atoms with Crippen LogP contribution in [0.25, 0.3) is 0 Å². The van der Waals surface area contributed by atoms with Crippen LogP contribution in [0.4, 0.5) is 0 Å². The quantitative estimate of drug-likeness (QED) is 0.728. The van der Waals surface area contributed by atoms with E-state index in [1.807, 2.05) is 13.8 Å². The minimum absolute atomic E-state index is 0.541. The van der Waals surface area contributed by atoms with E-state index in [2.05, 4.69) is 21.0 Å². The van der Waals surface area contributed by atoms with E-state index in [0.717, 1.165) is 44.2 Å². The highest BCUT2D eigenvalue weighted by Gasteiger charge is 2.19. The van der Waals surface area contributed by atoms with Gasteiger partial charge in [0, 0.05) is 38.3 Å². The van der Waals surface area contributed by atoms with Gasteiger partial charge in [0.25, 0.3) is 0 Å². The monoisotopic (exact) mass is 234 g/mol. The highest BCUT2D eigenvalue weighted by molar-refractivity contribution is 5.20. The van der Waals surface area contributed by atoms with E-state index in [4.69, 9.17) is 9.78 Å². The van der Waals surface area contributed by atoms with Crippen LogP contribution in [-0.2, 0) is 6.54 Å². The lowest BCUT2D eigenvalue weighted by Crippen LogP contribution is -2.45. The van der Waals surface area contributed by atoms with Gasteiger partial charge in [0.2, 0.25) is 0 Å². The minimum atomic E-state index is 0.541. The van der Waals surface area contributed by atoms with Crippen molar-refractivity contribution in [2.75, 3.05) is 32.7 Å². The van der Waals surface area contributed by atoms with Crippen molar-refractivity contribution in [3.8, 4) is 6.07 Å². The maximum atomic E-state index is 8.64. The molecule has 1 aliphatic rings. The van der Waals surface area contributed by atoms with Crippen molar-refractivity contribution < 1.29 is 4.52 Å². The molecule has 0 unspecified atom stereocenters. The molecule has 5 nitrogen and oxygen atoms in total. The van der Waals surface area contributed by atoms with Crippen molar-refractivity contribution in [2.45, 2.75) is 20.4 Å². The largest absolute Gasteiger partial charge is 0.361 e. The van der Waals surface area contributed by atoms with Crippen molar-refractivity contribution in [3.05, 3.63) is 17.0 Å². The van der Waals surface area contributed by atoms with Gasteiger partial charge in [-0.3, -0.25) is 9.80 Å². The summed E-state index contributed by atoms with van der Waals surface area (Å²) in [6, 6.07) is 2.20. The zero-order valence-corrected chi connectivity index (χ0v) is 10.4. The predicted molar refractivity (Wildman–Crippen MR) is 63.3 cm³/mol. The summed E-state index contributed by atoms with van der Waals surface area (Å²) in [6.45, 7) is 9.34. The highest BCUT2D eigenvalue weighted by atomic mass is 16.5. The molecule has 2 rings (SSSR count). The zero-order valence-electron chi connectivity index (χ0n) is 10.4. The van der Waals surface area contributed by atoms with Gasteiger partial charge in [-0.2, -0.15) is 5.26 Å². The van der Waals surface area contributed by atoms with Gasteiger partial charge in [-0.1, -0.05) is 5.16 Å². The number of nitriles is 1. The SMILES string of the molecule is Cc1noc(C)c1CN1CCN(CC#N)CC1. The Hall–Kier alpha value is -1.38. The maximum Gasteiger partial charge on any atom is 0.138 e. The Labute approximate surface area is 102 Å². The number of hydrogen-bond acceptors (Lipinski definition) is 5. The van der Waals surface area contributed by atoms with Gasteiger partial charge in [0.05, 0.1) is 18.3 Å². The summed E-state index contributed by atoms with van der Waals surface area (Å²) in [5.41, 5.74) is 2.20. The van der Waals surface area contributed by atoms with Crippen molar-refractivity contribution >= 4 is 0 Å². The van der Waals surface area contributed by atoms with Crippen LogP contribution in [0.3, 0.4) is 0 Å². The third-order valence-corrected chi connectivity index (χ3v) is 3.32. The molecule has 92 valence electrons. The molecule has 0 radical (unpaired) electrons. The number of nitrogens with zero attached hydrogens (tertiary/aromatic N) is 4. The second-order valence-electron chi connectivity index (χ2n) is 4.51. The van der Waals surface area contributed by atoms with Gasteiger partial charge in [-0.15, -0.1) is 0 Å². The van der Waals surface area contributed by atoms with Gasteiger partial charge in [0.1, 0.15) is 5.76 Å². The van der Waals surface area contributed by atoms with Crippen LogP contribution < -0.4 is 0 Å². The molecule has 1 aliphatic heterocycles. The molecule has 0 N–H and O–H groups in total. The fraction of sp³-hybridized carbons (Fsp3) is 0.667. The topological polar surface area (TPSA) is 56.3 Å². The lowest BCUT2D eigenvalue weighted by atomic mass is 10.2. The first-order valence-corrected chi connectivity index (χ1v) is 5.94. The Kier molecular flexibility index (Phi) is 3.77.